The highest BCUT2D eigenvalue weighted by Gasteiger charge is 2.47. The minimum atomic E-state index is -0.531. The van der Waals surface area contributed by atoms with Crippen LogP contribution in [0.2, 0.25) is 0 Å². The third-order valence-corrected chi connectivity index (χ3v) is 4.37. The molecule has 7 nitrogen and oxygen atoms in total. The van der Waals surface area contributed by atoms with E-state index in [1.165, 1.54) is 7.11 Å². The lowest BCUT2D eigenvalue weighted by atomic mass is 9.79. The largest absolute Gasteiger partial charge is 0.464 e. The van der Waals surface area contributed by atoms with Gasteiger partial charge in [-0.2, -0.15) is 0 Å². The summed E-state index contributed by atoms with van der Waals surface area (Å²) >= 11 is 0. The van der Waals surface area contributed by atoms with Gasteiger partial charge < -0.3 is 9.64 Å². The van der Waals surface area contributed by atoms with Gasteiger partial charge in [0.2, 0.25) is 11.8 Å². The number of carbonyl (C=O) groups excluding carboxylic acids is 3. The van der Waals surface area contributed by atoms with Gasteiger partial charge in [0.15, 0.2) is 5.69 Å². The molecule has 3 heterocycles. The minimum absolute atomic E-state index is 0.199. The molecule has 0 bridgehead atoms. The normalized spacial score (nSPS) is 24.5. The standard InChI is InChI=1S/C15H17N3O4/c1-22-13(20)10-3-2-4-11(16-10)18-8-7-15(9-18)6-5-12(19)17-14(15)21/h2-4H,5-9H2,1H3,(H,17,19,21). The number of aromatic nitrogens is 1. The van der Waals surface area contributed by atoms with Crippen molar-refractivity contribution < 1.29 is 19.1 Å². The lowest BCUT2D eigenvalue weighted by Gasteiger charge is -2.31. The first-order chi connectivity index (χ1) is 10.5. The predicted octanol–water partition coefficient (Wildman–Crippen LogP) is 0.501. The van der Waals surface area contributed by atoms with Gasteiger partial charge in [-0.15, -0.1) is 0 Å². The topological polar surface area (TPSA) is 88.6 Å². The van der Waals surface area contributed by atoms with Crippen LogP contribution in [0.15, 0.2) is 18.2 Å². The van der Waals surface area contributed by atoms with E-state index in [1.807, 2.05) is 4.90 Å². The number of carbonyl (C=O) groups is 3. The van der Waals surface area contributed by atoms with Crippen molar-refractivity contribution in [2.24, 2.45) is 5.41 Å². The van der Waals surface area contributed by atoms with Gasteiger partial charge in [-0.3, -0.25) is 14.9 Å². The van der Waals surface area contributed by atoms with Crippen molar-refractivity contribution in [2.45, 2.75) is 19.3 Å². The van der Waals surface area contributed by atoms with Gasteiger partial charge in [0.25, 0.3) is 0 Å². The van der Waals surface area contributed by atoms with E-state index in [9.17, 15) is 14.4 Å². The molecule has 0 aliphatic carbocycles. The van der Waals surface area contributed by atoms with E-state index in [4.69, 9.17) is 0 Å². The number of hydrogen-bond donors (Lipinski definition) is 1. The molecule has 2 aliphatic heterocycles. The van der Waals surface area contributed by atoms with Crippen LogP contribution in [0.25, 0.3) is 0 Å². The summed E-state index contributed by atoms with van der Waals surface area (Å²) in [6.07, 6.45) is 1.61. The number of piperidine rings is 1. The van der Waals surface area contributed by atoms with Crippen molar-refractivity contribution in [3.05, 3.63) is 23.9 Å². The fraction of sp³-hybridized carbons (Fsp3) is 0.467. The van der Waals surface area contributed by atoms with Gasteiger partial charge in [-0.05, 0) is 25.0 Å². The third-order valence-electron chi connectivity index (χ3n) is 4.37. The first kappa shape index (κ1) is 14.5. The van der Waals surface area contributed by atoms with Gasteiger partial charge in [-0.25, -0.2) is 9.78 Å². The zero-order chi connectivity index (χ0) is 15.7. The highest BCUT2D eigenvalue weighted by molar-refractivity contribution is 6.01. The molecule has 1 spiro atoms. The highest BCUT2D eigenvalue weighted by atomic mass is 16.5. The number of nitrogens with zero attached hydrogens (tertiary/aromatic N) is 2. The average Bonchev–Trinajstić information content (AvgIpc) is 2.96. The molecule has 1 aromatic rings. The molecule has 0 radical (unpaired) electrons. The van der Waals surface area contributed by atoms with Crippen LogP contribution in [0, 0.1) is 5.41 Å². The molecule has 1 aromatic heterocycles. The first-order valence-corrected chi connectivity index (χ1v) is 7.19. The Balaban J connectivity index is 1.79. The lowest BCUT2D eigenvalue weighted by molar-refractivity contribution is -0.140. The number of anilines is 1. The molecule has 2 fully saturated rings. The van der Waals surface area contributed by atoms with Crippen LogP contribution < -0.4 is 10.2 Å². The Morgan fingerprint density at radius 2 is 2.18 bits per heavy atom. The fourth-order valence-electron chi connectivity index (χ4n) is 3.06. The molecule has 0 saturated carbocycles. The molecule has 1 unspecified atom stereocenters. The monoisotopic (exact) mass is 303 g/mol. The van der Waals surface area contributed by atoms with Crippen LogP contribution in [0.5, 0.6) is 0 Å². The maximum Gasteiger partial charge on any atom is 0.356 e. The van der Waals surface area contributed by atoms with Gasteiger partial charge >= 0.3 is 5.97 Å². The van der Waals surface area contributed by atoms with E-state index in [-0.39, 0.29) is 17.5 Å². The van der Waals surface area contributed by atoms with Crippen LogP contribution in [0.1, 0.15) is 29.8 Å². The summed E-state index contributed by atoms with van der Waals surface area (Å²) in [5, 5.41) is 2.42. The Labute approximate surface area is 127 Å². The number of hydrogen-bond acceptors (Lipinski definition) is 6. The predicted molar refractivity (Wildman–Crippen MR) is 77.2 cm³/mol. The lowest BCUT2D eigenvalue weighted by Crippen LogP contribution is -2.50. The summed E-state index contributed by atoms with van der Waals surface area (Å²) in [4.78, 5) is 41.3. The van der Waals surface area contributed by atoms with Crippen molar-refractivity contribution in [3.63, 3.8) is 0 Å². The molecule has 0 aromatic carbocycles. The first-order valence-electron chi connectivity index (χ1n) is 7.19. The van der Waals surface area contributed by atoms with Crippen LogP contribution in [0.4, 0.5) is 5.82 Å². The Morgan fingerprint density at radius 1 is 1.36 bits per heavy atom. The fourth-order valence-corrected chi connectivity index (χ4v) is 3.06. The molecule has 1 N–H and O–H groups in total. The van der Waals surface area contributed by atoms with Crippen molar-refractivity contribution in [1.82, 2.24) is 10.3 Å². The summed E-state index contributed by atoms with van der Waals surface area (Å²) < 4.78 is 4.67. The van der Waals surface area contributed by atoms with E-state index in [1.54, 1.807) is 18.2 Å². The van der Waals surface area contributed by atoms with Gasteiger partial charge in [-0.1, -0.05) is 6.07 Å². The second-order valence-electron chi connectivity index (χ2n) is 5.70. The molecule has 7 heteroatoms. The maximum absolute atomic E-state index is 12.2. The molecule has 22 heavy (non-hydrogen) atoms. The van der Waals surface area contributed by atoms with Crippen LogP contribution in [-0.4, -0.2) is 43.0 Å². The number of methoxy groups -OCH3 is 1. The Hall–Kier alpha value is -2.44. The van der Waals surface area contributed by atoms with E-state index in [2.05, 4.69) is 15.0 Å². The third kappa shape index (κ3) is 2.43. The summed E-state index contributed by atoms with van der Waals surface area (Å²) in [6.45, 7) is 1.17. The van der Waals surface area contributed by atoms with E-state index in [0.29, 0.717) is 38.2 Å². The molecule has 2 aliphatic rings. The Bertz CT molecular complexity index is 645. The Kier molecular flexibility index (Phi) is 3.56. The summed E-state index contributed by atoms with van der Waals surface area (Å²) in [6, 6.07) is 5.13. The molecule has 3 rings (SSSR count). The number of nitrogens with one attached hydrogen (secondary N) is 1. The van der Waals surface area contributed by atoms with Gasteiger partial charge in [0, 0.05) is 19.5 Å². The maximum atomic E-state index is 12.2. The number of rotatable bonds is 2. The summed E-state index contributed by atoms with van der Waals surface area (Å²) in [5.41, 5.74) is -0.291. The SMILES string of the molecule is COC(=O)c1cccc(N2CCC3(CCC(=O)NC3=O)C2)n1. The number of imide groups is 1. The van der Waals surface area contributed by atoms with E-state index < -0.39 is 11.4 Å². The van der Waals surface area contributed by atoms with Crippen LogP contribution in [-0.2, 0) is 14.3 Å². The Morgan fingerprint density at radius 3 is 2.91 bits per heavy atom. The van der Waals surface area contributed by atoms with E-state index >= 15 is 0 Å². The second kappa shape index (κ2) is 5.40. The number of ether oxygens (including phenoxy) is 1. The van der Waals surface area contributed by atoms with Gasteiger partial charge in [0.1, 0.15) is 5.82 Å². The summed E-state index contributed by atoms with van der Waals surface area (Å²) in [5.74, 6) is -0.253. The molecular formula is C15H17N3O4. The second-order valence-corrected chi connectivity index (χ2v) is 5.70. The smallest absolute Gasteiger partial charge is 0.356 e. The number of esters is 1. The van der Waals surface area contributed by atoms with Crippen LogP contribution in [0.3, 0.4) is 0 Å². The molecule has 1 atom stereocenters. The molecule has 2 saturated heterocycles. The van der Waals surface area contributed by atoms with E-state index in [0.717, 1.165) is 0 Å². The number of amides is 2. The molecule has 116 valence electrons. The zero-order valence-corrected chi connectivity index (χ0v) is 12.3. The van der Waals surface area contributed by atoms with Crippen molar-refractivity contribution in [1.29, 1.82) is 0 Å². The quantitative estimate of drug-likeness (QED) is 0.632. The van der Waals surface area contributed by atoms with Crippen molar-refractivity contribution in [2.75, 3.05) is 25.1 Å². The number of pyridine rings is 1. The minimum Gasteiger partial charge on any atom is -0.464 e. The van der Waals surface area contributed by atoms with Crippen LogP contribution >= 0.6 is 0 Å². The molecule has 2 amide bonds. The van der Waals surface area contributed by atoms with Crippen molar-refractivity contribution in [3.8, 4) is 0 Å². The van der Waals surface area contributed by atoms with Gasteiger partial charge in [0.05, 0.1) is 12.5 Å². The summed E-state index contributed by atoms with van der Waals surface area (Å²) in [7, 11) is 1.31. The molecular weight excluding hydrogens is 286 g/mol. The van der Waals surface area contributed by atoms with Crippen molar-refractivity contribution >= 4 is 23.6 Å². The zero-order valence-electron chi connectivity index (χ0n) is 12.3. The highest BCUT2D eigenvalue weighted by Crippen LogP contribution is 2.39. The average molecular weight is 303 g/mol.